The molecule has 6 nitrogen and oxygen atoms in total. The highest BCUT2D eigenvalue weighted by molar-refractivity contribution is 7.90. The van der Waals surface area contributed by atoms with E-state index in [1.165, 1.54) is 17.8 Å². The molecule has 1 aromatic heterocycles. The van der Waals surface area contributed by atoms with E-state index in [-0.39, 0.29) is 17.0 Å². The molecule has 0 bridgehead atoms. The third-order valence-electron chi connectivity index (χ3n) is 4.24. The first-order valence-corrected chi connectivity index (χ1v) is 10.5. The molecule has 0 saturated carbocycles. The summed E-state index contributed by atoms with van der Waals surface area (Å²) < 4.78 is 22.9. The molecule has 0 saturated heterocycles. The van der Waals surface area contributed by atoms with Crippen LogP contribution in [0, 0.1) is 0 Å². The van der Waals surface area contributed by atoms with E-state index >= 15 is 0 Å². The number of aromatic nitrogens is 1. The second-order valence-corrected chi connectivity index (χ2v) is 8.10. The minimum Gasteiger partial charge on any atom is -0.324 e. The van der Waals surface area contributed by atoms with Crippen molar-refractivity contribution in [3.8, 4) is 0 Å². The Bertz CT molecular complexity index is 821. The van der Waals surface area contributed by atoms with Gasteiger partial charge in [-0.1, -0.05) is 37.3 Å². The third-order valence-corrected chi connectivity index (χ3v) is 5.24. The van der Waals surface area contributed by atoms with E-state index in [9.17, 15) is 13.2 Å². The number of hydrogen-bond acceptors (Lipinski definition) is 4. The summed E-state index contributed by atoms with van der Waals surface area (Å²) in [5.41, 5.74) is 1.68. The van der Waals surface area contributed by atoms with Crippen LogP contribution in [0.15, 0.2) is 53.7 Å². The minimum absolute atomic E-state index is 0.0158. The van der Waals surface area contributed by atoms with Crippen LogP contribution in [0.2, 0.25) is 0 Å². The summed E-state index contributed by atoms with van der Waals surface area (Å²) in [5.74, 6) is 0.257. The van der Waals surface area contributed by atoms with Crippen LogP contribution in [0.3, 0.4) is 0 Å². The van der Waals surface area contributed by atoms with Gasteiger partial charge in [0.25, 0.3) is 0 Å². The van der Waals surface area contributed by atoms with Gasteiger partial charge in [0.05, 0.1) is 11.9 Å². The number of benzene rings is 1. The lowest BCUT2D eigenvalue weighted by Gasteiger charge is -2.26. The van der Waals surface area contributed by atoms with E-state index in [1.807, 2.05) is 25.1 Å². The Kier molecular flexibility index (Phi) is 6.74. The van der Waals surface area contributed by atoms with Crippen molar-refractivity contribution in [2.45, 2.75) is 31.2 Å². The first-order chi connectivity index (χ1) is 12.3. The molecule has 1 atom stereocenters. The monoisotopic (exact) mass is 375 g/mol. The number of hydrogen-bond donors (Lipinski definition) is 1. The van der Waals surface area contributed by atoms with Gasteiger partial charge in [0.2, 0.25) is 0 Å². The van der Waals surface area contributed by atoms with Crippen LogP contribution in [0.25, 0.3) is 0 Å². The Morgan fingerprint density at radius 3 is 2.35 bits per heavy atom. The summed E-state index contributed by atoms with van der Waals surface area (Å²) in [6.45, 7) is 5.22. The molecule has 2 amide bonds. The first kappa shape index (κ1) is 19.9. The molecule has 0 spiro atoms. The summed E-state index contributed by atoms with van der Waals surface area (Å²) in [6.07, 6.45) is 3.38. The molecular weight excluding hydrogens is 350 g/mol. The summed E-state index contributed by atoms with van der Waals surface area (Å²) in [6, 6.07) is 12.8. The quantitative estimate of drug-likeness (QED) is 0.803. The molecule has 0 aliphatic carbocycles. The maximum atomic E-state index is 12.6. The molecule has 0 aliphatic heterocycles. The lowest BCUT2D eigenvalue weighted by molar-refractivity contribution is 0.210. The zero-order valence-corrected chi connectivity index (χ0v) is 16.2. The number of urea groups is 1. The van der Waals surface area contributed by atoms with E-state index in [0.717, 1.165) is 12.7 Å². The largest absolute Gasteiger partial charge is 0.324 e. The van der Waals surface area contributed by atoms with Crippen molar-refractivity contribution in [3.05, 3.63) is 54.2 Å². The molecule has 1 unspecified atom stereocenters. The second-order valence-electron chi connectivity index (χ2n) is 6.14. The third kappa shape index (κ3) is 5.29. The predicted molar refractivity (Wildman–Crippen MR) is 103 cm³/mol. The highest BCUT2D eigenvalue weighted by atomic mass is 32.2. The maximum absolute atomic E-state index is 12.6. The van der Waals surface area contributed by atoms with Gasteiger partial charge < -0.3 is 10.2 Å². The molecule has 0 aliphatic rings. The fourth-order valence-electron chi connectivity index (χ4n) is 2.69. The van der Waals surface area contributed by atoms with Crippen molar-refractivity contribution in [1.82, 2.24) is 9.88 Å². The normalized spacial score (nSPS) is 12.4. The molecule has 7 heteroatoms. The number of amides is 2. The van der Waals surface area contributed by atoms with Crippen LogP contribution in [-0.4, -0.2) is 43.7 Å². The van der Waals surface area contributed by atoms with Gasteiger partial charge >= 0.3 is 6.03 Å². The van der Waals surface area contributed by atoms with E-state index in [2.05, 4.69) is 29.4 Å². The zero-order chi connectivity index (χ0) is 19.2. The summed E-state index contributed by atoms with van der Waals surface area (Å²) >= 11 is 0. The molecule has 2 aromatic rings. The molecule has 1 heterocycles. The van der Waals surface area contributed by atoms with E-state index in [1.54, 1.807) is 11.0 Å². The Labute approximate surface area is 155 Å². The van der Waals surface area contributed by atoms with Crippen LogP contribution < -0.4 is 5.32 Å². The topological polar surface area (TPSA) is 79.4 Å². The SMILES string of the molecule is CCC(CN(CC)C(=O)Nc1ccc(S(C)(=O)=O)nc1)c1ccccc1. The number of sulfone groups is 1. The van der Waals surface area contributed by atoms with Gasteiger partial charge in [-0.05, 0) is 31.0 Å². The van der Waals surface area contributed by atoms with Gasteiger partial charge in [-0.2, -0.15) is 0 Å². The number of rotatable bonds is 7. The fourth-order valence-corrected chi connectivity index (χ4v) is 3.25. The number of nitrogens with one attached hydrogen (secondary N) is 1. The Hall–Kier alpha value is -2.41. The first-order valence-electron chi connectivity index (χ1n) is 8.62. The molecular formula is C19H25N3O3S. The molecule has 1 N–H and O–H groups in total. The lowest BCUT2D eigenvalue weighted by atomic mass is 9.96. The smallest absolute Gasteiger partial charge is 0.321 e. The van der Waals surface area contributed by atoms with Gasteiger partial charge in [0, 0.05) is 25.3 Å². The van der Waals surface area contributed by atoms with Crippen LogP contribution >= 0.6 is 0 Å². The molecule has 1 aromatic carbocycles. The number of nitrogens with zero attached hydrogens (tertiary/aromatic N) is 2. The van der Waals surface area contributed by atoms with Crippen LogP contribution in [0.1, 0.15) is 31.7 Å². The van der Waals surface area contributed by atoms with E-state index in [4.69, 9.17) is 0 Å². The Balaban J connectivity index is 2.06. The number of likely N-dealkylation sites (N-methyl/N-ethyl adjacent to an activating group) is 1. The van der Waals surface area contributed by atoms with Gasteiger partial charge in [-0.3, -0.25) is 0 Å². The minimum atomic E-state index is -3.35. The highest BCUT2D eigenvalue weighted by Gasteiger charge is 2.18. The zero-order valence-electron chi connectivity index (χ0n) is 15.3. The predicted octanol–water partition coefficient (Wildman–Crippen LogP) is 3.53. The number of carbonyl (C=O) groups is 1. The van der Waals surface area contributed by atoms with Gasteiger partial charge in [0.1, 0.15) is 0 Å². The molecule has 26 heavy (non-hydrogen) atoms. The number of anilines is 1. The van der Waals surface area contributed by atoms with Crippen molar-refractivity contribution in [2.75, 3.05) is 24.7 Å². The van der Waals surface area contributed by atoms with Crippen LogP contribution in [0.4, 0.5) is 10.5 Å². The molecule has 2 rings (SSSR count). The van der Waals surface area contributed by atoms with Crippen molar-refractivity contribution in [2.24, 2.45) is 0 Å². The second kappa shape index (κ2) is 8.80. The lowest BCUT2D eigenvalue weighted by Crippen LogP contribution is -2.37. The highest BCUT2D eigenvalue weighted by Crippen LogP contribution is 2.21. The molecule has 0 fully saturated rings. The van der Waals surface area contributed by atoms with Crippen molar-refractivity contribution >= 4 is 21.6 Å². The summed E-state index contributed by atoms with van der Waals surface area (Å²) in [4.78, 5) is 18.2. The van der Waals surface area contributed by atoms with E-state index < -0.39 is 9.84 Å². The maximum Gasteiger partial charge on any atom is 0.321 e. The van der Waals surface area contributed by atoms with Crippen molar-refractivity contribution < 1.29 is 13.2 Å². The number of carbonyl (C=O) groups excluding carboxylic acids is 1. The van der Waals surface area contributed by atoms with Crippen LogP contribution in [0.5, 0.6) is 0 Å². The Morgan fingerprint density at radius 2 is 1.85 bits per heavy atom. The van der Waals surface area contributed by atoms with Gasteiger partial charge in [-0.25, -0.2) is 18.2 Å². The average Bonchev–Trinajstić information content (AvgIpc) is 2.63. The average molecular weight is 375 g/mol. The fraction of sp³-hybridized carbons (Fsp3) is 0.368. The summed E-state index contributed by atoms with van der Waals surface area (Å²) in [5, 5.41) is 2.77. The standard InChI is InChI=1S/C19H25N3O3S/c1-4-15(16-9-7-6-8-10-16)14-22(5-2)19(23)21-17-11-12-18(20-13-17)26(3,24)25/h6-13,15H,4-5,14H2,1-3H3,(H,21,23). The van der Waals surface area contributed by atoms with Crippen molar-refractivity contribution in [3.63, 3.8) is 0 Å². The number of pyridine rings is 1. The summed E-state index contributed by atoms with van der Waals surface area (Å²) in [7, 11) is -3.35. The van der Waals surface area contributed by atoms with Crippen molar-refractivity contribution in [1.29, 1.82) is 0 Å². The van der Waals surface area contributed by atoms with Crippen LogP contribution in [-0.2, 0) is 9.84 Å². The molecule has 140 valence electrons. The molecule has 0 radical (unpaired) electrons. The van der Waals surface area contributed by atoms with Gasteiger partial charge in [0.15, 0.2) is 14.9 Å². The Morgan fingerprint density at radius 1 is 1.15 bits per heavy atom. The van der Waals surface area contributed by atoms with E-state index in [0.29, 0.717) is 18.8 Å². The van der Waals surface area contributed by atoms with Gasteiger partial charge in [-0.15, -0.1) is 0 Å².